The molecule has 0 aliphatic carbocycles. The smallest absolute Gasteiger partial charge is 0.270 e. The minimum Gasteiger partial charge on any atom is -0.349 e. The molecule has 2 amide bonds. The number of anilines is 1. The Morgan fingerprint density at radius 3 is 3.00 bits per heavy atom. The molecule has 8 heteroatoms. The van der Waals surface area contributed by atoms with Crippen molar-refractivity contribution in [1.82, 2.24) is 15.2 Å². The fourth-order valence-electron chi connectivity index (χ4n) is 3.08. The summed E-state index contributed by atoms with van der Waals surface area (Å²) < 4.78 is 0. The summed E-state index contributed by atoms with van der Waals surface area (Å²) in [6.07, 6.45) is 2.27. The van der Waals surface area contributed by atoms with Crippen LogP contribution in [0.3, 0.4) is 0 Å². The number of rotatable bonds is 6. The minimum atomic E-state index is -0.307. The standard InChI is InChI=1S/C18H21ClN4O2S/c1-2-23-8-4-7-14(23)10-20-17(25)15-11-26-18(21-15)22-16(24)12-5-3-6-13(19)9-12/h3,5-6,9,11,14H,2,4,7-8,10H2,1H3,(H,20,25)(H,21,22,24)/t14-/m1/s1. The zero-order chi connectivity index (χ0) is 18.5. The van der Waals surface area contributed by atoms with E-state index in [4.69, 9.17) is 11.6 Å². The van der Waals surface area contributed by atoms with Gasteiger partial charge in [0.25, 0.3) is 11.8 Å². The molecule has 26 heavy (non-hydrogen) atoms. The summed E-state index contributed by atoms with van der Waals surface area (Å²) in [6.45, 7) is 4.84. The predicted molar refractivity (Wildman–Crippen MR) is 104 cm³/mol. The van der Waals surface area contributed by atoms with Gasteiger partial charge in [0.2, 0.25) is 0 Å². The first-order valence-electron chi connectivity index (χ1n) is 8.61. The predicted octanol–water partition coefficient (Wildman–Crippen LogP) is 3.26. The Morgan fingerprint density at radius 2 is 2.23 bits per heavy atom. The van der Waals surface area contributed by atoms with Crippen molar-refractivity contribution in [3.8, 4) is 0 Å². The summed E-state index contributed by atoms with van der Waals surface area (Å²) in [4.78, 5) is 31.1. The van der Waals surface area contributed by atoms with Gasteiger partial charge in [0.15, 0.2) is 5.13 Å². The van der Waals surface area contributed by atoms with Gasteiger partial charge in [0.1, 0.15) is 5.69 Å². The molecule has 0 bridgehead atoms. The highest BCUT2D eigenvalue weighted by Gasteiger charge is 2.23. The number of benzene rings is 1. The number of aromatic nitrogens is 1. The van der Waals surface area contributed by atoms with E-state index in [1.54, 1.807) is 29.6 Å². The summed E-state index contributed by atoms with van der Waals surface area (Å²) >= 11 is 7.12. The van der Waals surface area contributed by atoms with Crippen LogP contribution in [0.1, 0.15) is 40.6 Å². The summed E-state index contributed by atoms with van der Waals surface area (Å²) in [6, 6.07) is 7.06. The van der Waals surface area contributed by atoms with Crippen LogP contribution in [-0.2, 0) is 0 Å². The zero-order valence-electron chi connectivity index (χ0n) is 14.5. The largest absolute Gasteiger partial charge is 0.349 e. The summed E-state index contributed by atoms with van der Waals surface area (Å²) in [5.41, 5.74) is 0.761. The highest BCUT2D eigenvalue weighted by molar-refractivity contribution is 7.14. The number of nitrogens with zero attached hydrogens (tertiary/aromatic N) is 2. The summed E-state index contributed by atoms with van der Waals surface area (Å²) in [5, 5.41) is 8.16. The molecule has 0 unspecified atom stereocenters. The monoisotopic (exact) mass is 392 g/mol. The lowest BCUT2D eigenvalue weighted by Gasteiger charge is -2.22. The van der Waals surface area contributed by atoms with Crippen LogP contribution < -0.4 is 10.6 Å². The highest BCUT2D eigenvalue weighted by Crippen LogP contribution is 2.19. The van der Waals surface area contributed by atoms with Crippen molar-refractivity contribution in [3.05, 3.63) is 45.9 Å². The lowest BCUT2D eigenvalue weighted by atomic mass is 10.2. The van der Waals surface area contributed by atoms with Crippen LogP contribution in [0.15, 0.2) is 29.6 Å². The molecule has 0 radical (unpaired) electrons. The molecular weight excluding hydrogens is 372 g/mol. The maximum atomic E-state index is 12.3. The molecule has 1 fully saturated rings. The van der Waals surface area contributed by atoms with Gasteiger partial charge < -0.3 is 5.32 Å². The van der Waals surface area contributed by atoms with Crippen molar-refractivity contribution in [3.63, 3.8) is 0 Å². The highest BCUT2D eigenvalue weighted by atomic mass is 35.5. The Labute approximate surface area is 161 Å². The molecule has 3 rings (SSSR count). The Morgan fingerprint density at radius 1 is 1.38 bits per heavy atom. The lowest BCUT2D eigenvalue weighted by molar-refractivity contribution is 0.0936. The van der Waals surface area contributed by atoms with E-state index < -0.39 is 0 Å². The van der Waals surface area contributed by atoms with Gasteiger partial charge in [-0.2, -0.15) is 0 Å². The second kappa shape index (κ2) is 8.62. The maximum absolute atomic E-state index is 12.3. The number of carbonyl (C=O) groups is 2. The van der Waals surface area contributed by atoms with Crippen LogP contribution >= 0.6 is 22.9 Å². The number of thiazole rings is 1. The SMILES string of the molecule is CCN1CCC[C@@H]1CNC(=O)c1csc(NC(=O)c2cccc(Cl)c2)n1. The van der Waals surface area contributed by atoms with Crippen LogP contribution in [0.4, 0.5) is 5.13 Å². The van der Waals surface area contributed by atoms with Crippen molar-refractivity contribution in [2.24, 2.45) is 0 Å². The number of amides is 2. The molecule has 1 aromatic carbocycles. The molecule has 138 valence electrons. The minimum absolute atomic E-state index is 0.215. The van der Waals surface area contributed by atoms with Crippen molar-refractivity contribution in [2.75, 3.05) is 25.0 Å². The van der Waals surface area contributed by atoms with Gasteiger partial charge in [-0.25, -0.2) is 4.98 Å². The summed E-state index contributed by atoms with van der Waals surface area (Å²) in [5.74, 6) is -0.522. The fraction of sp³-hybridized carbons (Fsp3) is 0.389. The third-order valence-corrected chi connectivity index (χ3v) is 5.44. The molecule has 2 N–H and O–H groups in total. The van der Waals surface area contributed by atoms with Gasteiger partial charge in [-0.3, -0.25) is 19.8 Å². The van der Waals surface area contributed by atoms with Gasteiger partial charge in [0.05, 0.1) is 0 Å². The van der Waals surface area contributed by atoms with Gasteiger partial charge >= 0.3 is 0 Å². The number of hydrogen-bond acceptors (Lipinski definition) is 5. The van der Waals surface area contributed by atoms with Crippen molar-refractivity contribution < 1.29 is 9.59 Å². The number of likely N-dealkylation sites (tertiary alicyclic amines) is 1. The molecule has 1 atom stereocenters. The number of nitrogens with one attached hydrogen (secondary N) is 2. The average molecular weight is 393 g/mol. The number of hydrogen-bond donors (Lipinski definition) is 2. The first-order chi connectivity index (χ1) is 12.6. The molecule has 1 aromatic heterocycles. The number of carbonyl (C=O) groups excluding carboxylic acids is 2. The molecule has 2 aromatic rings. The van der Waals surface area contributed by atoms with Crippen LogP contribution in [0.5, 0.6) is 0 Å². The lowest BCUT2D eigenvalue weighted by Crippen LogP contribution is -2.40. The quantitative estimate of drug-likeness (QED) is 0.791. The normalized spacial score (nSPS) is 17.2. The molecule has 0 saturated carbocycles. The molecule has 0 spiro atoms. The maximum Gasteiger partial charge on any atom is 0.270 e. The van der Waals surface area contributed by atoms with E-state index in [-0.39, 0.29) is 11.8 Å². The fourth-order valence-corrected chi connectivity index (χ4v) is 3.95. The van der Waals surface area contributed by atoms with Crippen LogP contribution in [0.2, 0.25) is 5.02 Å². The molecule has 1 saturated heterocycles. The van der Waals surface area contributed by atoms with E-state index in [2.05, 4.69) is 27.4 Å². The number of likely N-dealkylation sites (N-methyl/N-ethyl adjacent to an activating group) is 1. The van der Waals surface area contributed by atoms with Crippen LogP contribution in [-0.4, -0.2) is 47.4 Å². The zero-order valence-corrected chi connectivity index (χ0v) is 16.1. The van der Waals surface area contributed by atoms with Gasteiger partial charge in [0, 0.05) is 28.6 Å². The Hall–Kier alpha value is -1.96. The van der Waals surface area contributed by atoms with Crippen molar-refractivity contribution >= 4 is 39.9 Å². The van der Waals surface area contributed by atoms with Crippen LogP contribution in [0, 0.1) is 0 Å². The number of halogens is 1. The van der Waals surface area contributed by atoms with Crippen LogP contribution in [0.25, 0.3) is 0 Å². The second-order valence-corrected chi connectivity index (χ2v) is 7.43. The van der Waals surface area contributed by atoms with Gasteiger partial charge in [-0.1, -0.05) is 24.6 Å². The second-order valence-electron chi connectivity index (χ2n) is 6.14. The van der Waals surface area contributed by atoms with Gasteiger partial charge in [-0.15, -0.1) is 11.3 Å². The van der Waals surface area contributed by atoms with E-state index in [0.717, 1.165) is 19.5 Å². The molecule has 2 heterocycles. The molecule has 1 aliphatic rings. The third-order valence-electron chi connectivity index (χ3n) is 4.45. The third kappa shape index (κ3) is 4.60. The first kappa shape index (κ1) is 18.8. The van der Waals surface area contributed by atoms with E-state index in [9.17, 15) is 9.59 Å². The molecular formula is C18H21ClN4O2S. The van der Waals surface area contributed by atoms with Crippen molar-refractivity contribution in [2.45, 2.75) is 25.8 Å². The molecule has 1 aliphatic heterocycles. The van der Waals surface area contributed by atoms with E-state index in [0.29, 0.717) is 34.0 Å². The van der Waals surface area contributed by atoms with E-state index in [1.165, 1.54) is 17.8 Å². The Balaban J connectivity index is 1.55. The Bertz CT molecular complexity index is 795. The summed E-state index contributed by atoms with van der Waals surface area (Å²) in [7, 11) is 0. The average Bonchev–Trinajstić information content (AvgIpc) is 3.28. The van der Waals surface area contributed by atoms with E-state index in [1.807, 2.05) is 0 Å². The first-order valence-corrected chi connectivity index (χ1v) is 9.87. The Kier molecular flexibility index (Phi) is 6.24. The topological polar surface area (TPSA) is 74.3 Å². The van der Waals surface area contributed by atoms with E-state index >= 15 is 0 Å². The van der Waals surface area contributed by atoms with Crippen molar-refractivity contribution in [1.29, 1.82) is 0 Å². The van der Waals surface area contributed by atoms with Gasteiger partial charge in [-0.05, 0) is 44.1 Å². The molecule has 6 nitrogen and oxygen atoms in total.